The van der Waals surface area contributed by atoms with Gasteiger partial charge in [-0.05, 0) is 23.1 Å². The van der Waals surface area contributed by atoms with Gasteiger partial charge in [0.25, 0.3) is 0 Å². The van der Waals surface area contributed by atoms with Gasteiger partial charge in [0.05, 0.1) is 11.5 Å². The highest BCUT2D eigenvalue weighted by Gasteiger charge is 2.15. The first-order valence-electron chi connectivity index (χ1n) is 5.69. The Balaban J connectivity index is 2.06. The summed E-state index contributed by atoms with van der Waals surface area (Å²) < 4.78 is 5.56. The van der Waals surface area contributed by atoms with E-state index in [-0.39, 0.29) is 5.69 Å². The van der Waals surface area contributed by atoms with Crippen LogP contribution >= 0.6 is 27.3 Å². The number of nitro groups is 1. The van der Waals surface area contributed by atoms with Crippen LogP contribution in [0.25, 0.3) is 0 Å². The maximum Gasteiger partial charge on any atom is 0.310 e. The number of alkyl halides is 1. The molecule has 2 rings (SSSR count). The zero-order valence-electron chi connectivity index (χ0n) is 10.0. The van der Waals surface area contributed by atoms with Crippen LogP contribution in [0.5, 0.6) is 5.75 Å². The minimum atomic E-state index is -0.418. The highest BCUT2D eigenvalue weighted by Crippen LogP contribution is 2.29. The molecular weight excluding hydrogens is 330 g/mol. The molecule has 0 fully saturated rings. The van der Waals surface area contributed by atoms with E-state index in [2.05, 4.69) is 15.9 Å². The SMILES string of the molecule is O=[N+]([O-])c1ccc(CBr)cc1OCCc1cccs1. The number of hydrogen-bond acceptors (Lipinski definition) is 4. The van der Waals surface area contributed by atoms with Crippen LogP contribution < -0.4 is 4.74 Å². The van der Waals surface area contributed by atoms with E-state index in [9.17, 15) is 10.1 Å². The van der Waals surface area contributed by atoms with E-state index in [4.69, 9.17) is 4.74 Å². The minimum absolute atomic E-state index is 0.0101. The van der Waals surface area contributed by atoms with Crippen LogP contribution in [-0.2, 0) is 11.8 Å². The molecule has 0 radical (unpaired) electrons. The van der Waals surface area contributed by atoms with Gasteiger partial charge in [0.2, 0.25) is 0 Å². The molecule has 0 aliphatic rings. The van der Waals surface area contributed by atoms with Crippen molar-refractivity contribution in [3.63, 3.8) is 0 Å². The third-order valence-corrected chi connectivity index (χ3v) is 4.15. The normalized spacial score (nSPS) is 10.4. The van der Waals surface area contributed by atoms with Crippen molar-refractivity contribution in [2.45, 2.75) is 11.8 Å². The van der Waals surface area contributed by atoms with Gasteiger partial charge in [0.1, 0.15) is 0 Å². The summed E-state index contributed by atoms with van der Waals surface area (Å²) in [7, 11) is 0. The van der Waals surface area contributed by atoms with Crippen LogP contribution in [0.4, 0.5) is 5.69 Å². The van der Waals surface area contributed by atoms with E-state index in [1.165, 1.54) is 10.9 Å². The van der Waals surface area contributed by atoms with E-state index in [0.717, 1.165) is 12.0 Å². The lowest BCUT2D eigenvalue weighted by molar-refractivity contribution is -0.385. The van der Waals surface area contributed by atoms with Gasteiger partial charge >= 0.3 is 5.69 Å². The molecule has 1 heterocycles. The summed E-state index contributed by atoms with van der Waals surface area (Å²) >= 11 is 4.98. The van der Waals surface area contributed by atoms with Gasteiger partial charge in [0.15, 0.2) is 5.75 Å². The van der Waals surface area contributed by atoms with Crippen molar-refractivity contribution in [2.24, 2.45) is 0 Å². The van der Waals surface area contributed by atoms with Crippen LogP contribution in [0, 0.1) is 10.1 Å². The molecule has 0 saturated heterocycles. The summed E-state index contributed by atoms with van der Waals surface area (Å²) in [6.45, 7) is 0.438. The van der Waals surface area contributed by atoms with Gasteiger partial charge < -0.3 is 4.74 Å². The van der Waals surface area contributed by atoms with Crippen LogP contribution in [0.1, 0.15) is 10.4 Å². The third kappa shape index (κ3) is 3.78. The van der Waals surface area contributed by atoms with Gasteiger partial charge in [0, 0.05) is 22.7 Å². The standard InChI is InChI=1S/C13H12BrNO3S/c14-9-10-3-4-12(15(16)17)13(8-10)18-6-5-11-2-1-7-19-11/h1-4,7-8H,5-6,9H2. The Morgan fingerprint density at radius 3 is 2.84 bits per heavy atom. The van der Waals surface area contributed by atoms with Crippen molar-refractivity contribution in [1.29, 1.82) is 0 Å². The smallest absolute Gasteiger partial charge is 0.310 e. The highest BCUT2D eigenvalue weighted by atomic mass is 79.9. The van der Waals surface area contributed by atoms with Crippen LogP contribution in [0.15, 0.2) is 35.7 Å². The predicted octanol–water partition coefficient (Wildman–Crippen LogP) is 4.17. The van der Waals surface area contributed by atoms with E-state index in [1.54, 1.807) is 23.5 Å². The topological polar surface area (TPSA) is 52.4 Å². The fraction of sp³-hybridized carbons (Fsp3) is 0.231. The molecular formula is C13H12BrNO3S. The Labute approximate surface area is 123 Å². The summed E-state index contributed by atoms with van der Waals surface area (Å²) in [5.41, 5.74) is 0.965. The number of thiophene rings is 1. The van der Waals surface area contributed by atoms with Gasteiger partial charge in [-0.2, -0.15) is 0 Å². The largest absolute Gasteiger partial charge is 0.486 e. The molecule has 6 heteroatoms. The number of halogens is 1. The van der Waals surface area contributed by atoms with Gasteiger partial charge in [-0.25, -0.2) is 0 Å². The maximum atomic E-state index is 10.9. The molecule has 2 aromatic rings. The monoisotopic (exact) mass is 341 g/mol. The quantitative estimate of drug-likeness (QED) is 0.450. The fourth-order valence-corrected chi connectivity index (χ4v) is 2.66. The van der Waals surface area contributed by atoms with Gasteiger partial charge in [-0.3, -0.25) is 10.1 Å². The van der Waals surface area contributed by atoms with Crippen LogP contribution in [0.3, 0.4) is 0 Å². The second-order valence-corrected chi connectivity index (χ2v) is 5.46. The molecule has 4 nitrogen and oxygen atoms in total. The Bertz CT molecular complexity index is 557. The average Bonchev–Trinajstić information content (AvgIpc) is 2.91. The summed E-state index contributed by atoms with van der Waals surface area (Å²) in [5.74, 6) is 0.332. The summed E-state index contributed by atoms with van der Waals surface area (Å²) in [4.78, 5) is 11.7. The van der Waals surface area contributed by atoms with Gasteiger partial charge in [-0.15, -0.1) is 11.3 Å². The van der Waals surface area contributed by atoms with E-state index in [0.29, 0.717) is 17.7 Å². The first kappa shape index (κ1) is 14.0. The van der Waals surface area contributed by atoms with E-state index in [1.807, 2.05) is 17.5 Å². The maximum absolute atomic E-state index is 10.9. The Morgan fingerprint density at radius 2 is 2.21 bits per heavy atom. The molecule has 0 aliphatic heterocycles. The fourth-order valence-electron chi connectivity index (χ4n) is 1.62. The zero-order valence-corrected chi connectivity index (χ0v) is 12.4. The predicted molar refractivity (Wildman–Crippen MR) is 79.2 cm³/mol. The molecule has 0 atom stereocenters. The second kappa shape index (κ2) is 6.68. The van der Waals surface area contributed by atoms with Crippen LogP contribution in [-0.4, -0.2) is 11.5 Å². The Hall–Kier alpha value is -1.40. The number of benzene rings is 1. The zero-order chi connectivity index (χ0) is 13.7. The lowest BCUT2D eigenvalue weighted by Crippen LogP contribution is -2.03. The van der Waals surface area contributed by atoms with Crippen molar-refractivity contribution in [1.82, 2.24) is 0 Å². The minimum Gasteiger partial charge on any atom is -0.486 e. The molecule has 0 spiro atoms. The van der Waals surface area contributed by atoms with Crippen LogP contribution in [0.2, 0.25) is 0 Å². The number of nitrogens with zero attached hydrogens (tertiary/aromatic N) is 1. The highest BCUT2D eigenvalue weighted by molar-refractivity contribution is 9.08. The van der Waals surface area contributed by atoms with Gasteiger partial charge in [-0.1, -0.05) is 28.1 Å². The summed E-state index contributed by atoms with van der Waals surface area (Å²) in [6, 6.07) is 8.92. The number of nitro benzene ring substituents is 1. The molecule has 0 bridgehead atoms. The van der Waals surface area contributed by atoms with E-state index >= 15 is 0 Å². The summed E-state index contributed by atoms with van der Waals surface area (Å²) in [6.07, 6.45) is 0.757. The van der Waals surface area contributed by atoms with Crippen molar-refractivity contribution in [3.05, 3.63) is 56.3 Å². The Morgan fingerprint density at radius 1 is 1.37 bits per heavy atom. The lowest BCUT2D eigenvalue weighted by Gasteiger charge is -2.07. The first-order chi connectivity index (χ1) is 9.20. The third-order valence-electron chi connectivity index (χ3n) is 2.56. The molecule has 19 heavy (non-hydrogen) atoms. The average molecular weight is 342 g/mol. The van der Waals surface area contributed by atoms with E-state index < -0.39 is 4.92 Å². The molecule has 0 amide bonds. The second-order valence-electron chi connectivity index (χ2n) is 3.87. The molecule has 100 valence electrons. The molecule has 0 unspecified atom stereocenters. The molecule has 0 aliphatic carbocycles. The first-order valence-corrected chi connectivity index (χ1v) is 7.69. The van der Waals surface area contributed by atoms with Crippen molar-refractivity contribution in [2.75, 3.05) is 6.61 Å². The molecule has 0 N–H and O–H groups in total. The number of hydrogen-bond donors (Lipinski definition) is 0. The summed E-state index contributed by atoms with van der Waals surface area (Å²) in [5, 5.41) is 13.6. The van der Waals surface area contributed by atoms with Crippen molar-refractivity contribution < 1.29 is 9.66 Å². The Kier molecular flexibility index (Phi) is 4.93. The van der Waals surface area contributed by atoms with Crippen molar-refractivity contribution in [3.8, 4) is 5.75 Å². The molecule has 1 aromatic carbocycles. The lowest BCUT2D eigenvalue weighted by atomic mass is 10.2. The molecule has 1 aromatic heterocycles. The number of ether oxygens (including phenoxy) is 1. The molecule has 0 saturated carbocycles. The van der Waals surface area contributed by atoms with Crippen molar-refractivity contribution >= 4 is 33.0 Å². The number of rotatable bonds is 6.